The maximum Gasteiger partial charge on any atom is 0.335 e. The quantitative estimate of drug-likeness (QED) is 0.431. The topological polar surface area (TPSA) is 98.9 Å². The Morgan fingerprint density at radius 3 is 2.39 bits per heavy atom. The van der Waals surface area contributed by atoms with E-state index < -0.39 is 11.1 Å². The molecular formula is C11H13NO6. The van der Waals surface area contributed by atoms with Gasteiger partial charge in [0.1, 0.15) is 5.75 Å². The number of hydrogen-bond acceptors (Lipinski definition) is 5. The molecule has 1 aromatic rings. The van der Waals surface area contributed by atoms with Gasteiger partial charge in [0.2, 0.25) is 0 Å². The molecule has 0 aliphatic carbocycles. The fourth-order valence-corrected chi connectivity index (χ4v) is 1.23. The third-order valence-corrected chi connectivity index (χ3v) is 2.11. The lowest BCUT2D eigenvalue weighted by Gasteiger charge is -2.05. The first-order valence-corrected chi connectivity index (χ1v) is 5.33. The SMILES string of the molecule is O=C(O)c1ccc(OCCCCO[N+](=O)[O-])cc1. The van der Waals surface area contributed by atoms with Crippen molar-refractivity contribution in [1.82, 2.24) is 0 Å². The van der Waals surface area contributed by atoms with Crippen molar-refractivity contribution in [3.63, 3.8) is 0 Å². The minimum Gasteiger partial charge on any atom is -0.494 e. The summed E-state index contributed by atoms with van der Waals surface area (Å²) in [5, 5.41) is 17.7. The van der Waals surface area contributed by atoms with Crippen LogP contribution in [0.4, 0.5) is 0 Å². The Bertz CT molecular complexity index is 402. The molecule has 0 fully saturated rings. The van der Waals surface area contributed by atoms with Crippen LogP contribution in [0.25, 0.3) is 0 Å². The van der Waals surface area contributed by atoms with Gasteiger partial charge in [-0.15, -0.1) is 10.1 Å². The number of nitrogens with zero attached hydrogens (tertiary/aromatic N) is 1. The van der Waals surface area contributed by atoms with Crippen LogP contribution in [-0.4, -0.2) is 29.4 Å². The zero-order chi connectivity index (χ0) is 13.4. The second-order valence-corrected chi connectivity index (χ2v) is 3.44. The van der Waals surface area contributed by atoms with E-state index in [2.05, 4.69) is 4.84 Å². The number of unbranched alkanes of at least 4 members (excludes halogenated alkanes) is 1. The summed E-state index contributed by atoms with van der Waals surface area (Å²) in [6.07, 6.45) is 1.14. The summed E-state index contributed by atoms with van der Waals surface area (Å²) in [6.45, 7) is 0.446. The molecule has 98 valence electrons. The van der Waals surface area contributed by atoms with Gasteiger partial charge >= 0.3 is 5.97 Å². The van der Waals surface area contributed by atoms with Crippen LogP contribution in [0.5, 0.6) is 5.75 Å². The summed E-state index contributed by atoms with van der Waals surface area (Å²) >= 11 is 0. The van der Waals surface area contributed by atoms with E-state index in [0.717, 1.165) is 0 Å². The lowest BCUT2D eigenvalue weighted by molar-refractivity contribution is -0.757. The van der Waals surface area contributed by atoms with Crippen molar-refractivity contribution >= 4 is 5.97 Å². The van der Waals surface area contributed by atoms with E-state index in [1.54, 1.807) is 12.1 Å². The molecule has 0 saturated heterocycles. The van der Waals surface area contributed by atoms with Gasteiger partial charge in [-0.05, 0) is 37.1 Å². The van der Waals surface area contributed by atoms with Gasteiger partial charge in [0, 0.05) is 0 Å². The summed E-state index contributed by atoms with van der Waals surface area (Å²) in [6, 6.07) is 6.04. The highest BCUT2D eigenvalue weighted by atomic mass is 16.9. The first kappa shape index (κ1) is 13.8. The standard InChI is InChI=1S/C11H13NO6/c13-11(14)9-3-5-10(6-4-9)17-7-1-2-8-18-12(15)16/h3-6H,1-2,7-8H2,(H,13,14). The predicted molar refractivity (Wildman–Crippen MR) is 61.1 cm³/mol. The van der Waals surface area contributed by atoms with E-state index >= 15 is 0 Å². The number of carboxylic acid groups (broad SMARTS) is 1. The normalized spacial score (nSPS) is 9.78. The molecule has 0 aromatic heterocycles. The van der Waals surface area contributed by atoms with Crippen molar-refractivity contribution in [2.24, 2.45) is 0 Å². The van der Waals surface area contributed by atoms with E-state index in [0.29, 0.717) is 25.2 Å². The Balaban J connectivity index is 2.19. The van der Waals surface area contributed by atoms with Gasteiger partial charge in [0.15, 0.2) is 0 Å². The maximum atomic E-state index is 10.6. The minimum atomic E-state index is -0.988. The van der Waals surface area contributed by atoms with Crippen molar-refractivity contribution in [3.8, 4) is 5.75 Å². The molecule has 7 nitrogen and oxygen atoms in total. The van der Waals surface area contributed by atoms with Crippen LogP contribution in [0, 0.1) is 10.1 Å². The average Bonchev–Trinajstić information content (AvgIpc) is 2.34. The van der Waals surface area contributed by atoms with E-state index in [1.807, 2.05) is 0 Å². The van der Waals surface area contributed by atoms with E-state index in [4.69, 9.17) is 9.84 Å². The van der Waals surface area contributed by atoms with Crippen LogP contribution in [0.3, 0.4) is 0 Å². The molecule has 0 heterocycles. The molecule has 0 radical (unpaired) electrons. The number of benzene rings is 1. The van der Waals surface area contributed by atoms with Crippen LogP contribution in [0.15, 0.2) is 24.3 Å². The molecule has 1 N–H and O–H groups in total. The monoisotopic (exact) mass is 255 g/mol. The van der Waals surface area contributed by atoms with Gasteiger partial charge in [0.25, 0.3) is 5.09 Å². The minimum absolute atomic E-state index is 0.0499. The number of hydrogen-bond donors (Lipinski definition) is 1. The molecule has 0 bridgehead atoms. The van der Waals surface area contributed by atoms with Crippen molar-refractivity contribution in [3.05, 3.63) is 39.9 Å². The number of carboxylic acids is 1. The molecular weight excluding hydrogens is 242 g/mol. The first-order valence-electron chi connectivity index (χ1n) is 5.33. The highest BCUT2D eigenvalue weighted by Crippen LogP contribution is 2.12. The summed E-state index contributed by atoms with van der Waals surface area (Å²) in [7, 11) is 0. The molecule has 0 saturated carbocycles. The molecule has 0 spiro atoms. The Morgan fingerprint density at radius 2 is 1.83 bits per heavy atom. The van der Waals surface area contributed by atoms with Crippen molar-refractivity contribution in [2.75, 3.05) is 13.2 Å². The second-order valence-electron chi connectivity index (χ2n) is 3.44. The van der Waals surface area contributed by atoms with Crippen molar-refractivity contribution in [1.29, 1.82) is 0 Å². The highest BCUT2D eigenvalue weighted by molar-refractivity contribution is 5.87. The van der Waals surface area contributed by atoms with Gasteiger partial charge in [0.05, 0.1) is 18.8 Å². The maximum absolute atomic E-state index is 10.6. The predicted octanol–water partition coefficient (Wildman–Crippen LogP) is 1.75. The van der Waals surface area contributed by atoms with Crippen molar-refractivity contribution in [2.45, 2.75) is 12.8 Å². The smallest absolute Gasteiger partial charge is 0.335 e. The van der Waals surface area contributed by atoms with Crippen LogP contribution >= 0.6 is 0 Å². The van der Waals surface area contributed by atoms with Crippen LogP contribution in [-0.2, 0) is 4.84 Å². The molecule has 7 heteroatoms. The third kappa shape index (κ3) is 5.15. The number of carbonyl (C=O) groups is 1. The zero-order valence-electron chi connectivity index (χ0n) is 9.57. The van der Waals surface area contributed by atoms with Gasteiger partial charge < -0.3 is 14.7 Å². The van der Waals surface area contributed by atoms with Crippen LogP contribution in [0.2, 0.25) is 0 Å². The van der Waals surface area contributed by atoms with Crippen LogP contribution in [0.1, 0.15) is 23.2 Å². The molecule has 0 unspecified atom stereocenters. The lowest BCUT2D eigenvalue weighted by Crippen LogP contribution is -2.04. The van der Waals surface area contributed by atoms with E-state index in [9.17, 15) is 14.9 Å². The lowest BCUT2D eigenvalue weighted by atomic mass is 10.2. The Labute approximate surface area is 103 Å². The molecule has 18 heavy (non-hydrogen) atoms. The average molecular weight is 255 g/mol. The van der Waals surface area contributed by atoms with Crippen LogP contribution < -0.4 is 4.74 Å². The van der Waals surface area contributed by atoms with Gasteiger partial charge in [-0.2, -0.15) is 0 Å². The second kappa shape index (κ2) is 7.10. The zero-order valence-corrected chi connectivity index (χ0v) is 9.57. The summed E-state index contributed by atoms with van der Waals surface area (Å²) < 4.78 is 5.33. The van der Waals surface area contributed by atoms with E-state index in [1.165, 1.54) is 12.1 Å². The summed E-state index contributed by atoms with van der Waals surface area (Å²) in [5.41, 5.74) is 0.196. The Hall–Kier alpha value is -2.31. The molecule has 0 aliphatic rings. The number of rotatable bonds is 8. The fraction of sp³-hybridized carbons (Fsp3) is 0.364. The first-order chi connectivity index (χ1) is 8.59. The third-order valence-electron chi connectivity index (χ3n) is 2.11. The Morgan fingerprint density at radius 1 is 1.22 bits per heavy atom. The largest absolute Gasteiger partial charge is 0.494 e. The van der Waals surface area contributed by atoms with E-state index in [-0.39, 0.29) is 12.2 Å². The number of aromatic carboxylic acids is 1. The number of ether oxygens (including phenoxy) is 1. The van der Waals surface area contributed by atoms with Crippen molar-refractivity contribution < 1.29 is 24.6 Å². The molecule has 0 aliphatic heterocycles. The molecule has 1 aromatic carbocycles. The summed E-state index contributed by atoms with van der Waals surface area (Å²) in [5.74, 6) is -0.423. The van der Waals surface area contributed by atoms with Gasteiger partial charge in [-0.1, -0.05) is 0 Å². The highest BCUT2D eigenvalue weighted by Gasteiger charge is 2.02. The van der Waals surface area contributed by atoms with Gasteiger partial charge in [-0.3, -0.25) is 0 Å². The molecule has 0 atom stereocenters. The molecule has 0 amide bonds. The molecule has 1 rings (SSSR count). The fourth-order valence-electron chi connectivity index (χ4n) is 1.23. The summed E-state index contributed by atoms with van der Waals surface area (Å²) in [4.78, 5) is 24.6. The Kier molecular flexibility index (Phi) is 5.43. The van der Waals surface area contributed by atoms with Gasteiger partial charge in [-0.25, -0.2) is 4.79 Å².